The zero-order valence-corrected chi connectivity index (χ0v) is 26.5. The Morgan fingerprint density at radius 2 is 1.83 bits per heavy atom. The van der Waals surface area contributed by atoms with Crippen LogP contribution in [0.5, 0.6) is 0 Å². The molecule has 0 aliphatic carbocycles. The van der Waals surface area contributed by atoms with Crippen LogP contribution in [0, 0.1) is 17.0 Å². The van der Waals surface area contributed by atoms with Crippen LogP contribution in [0.1, 0.15) is 60.7 Å². The maximum atomic E-state index is 14.2. The Morgan fingerprint density at radius 3 is 2.48 bits per heavy atom. The van der Waals surface area contributed by atoms with Gasteiger partial charge >= 0.3 is 5.97 Å². The summed E-state index contributed by atoms with van der Waals surface area (Å²) in [6.07, 6.45) is 1.66. The highest BCUT2D eigenvalue weighted by atomic mass is 32.1. The number of carbonyl (C=O) groups excluding carboxylic acids is 1. The number of benzene rings is 3. The summed E-state index contributed by atoms with van der Waals surface area (Å²) < 4.78 is 13.6. The van der Waals surface area contributed by atoms with Crippen molar-refractivity contribution in [3.05, 3.63) is 148 Å². The molecule has 2 aromatic heterocycles. The van der Waals surface area contributed by atoms with Crippen LogP contribution in [-0.2, 0) is 9.53 Å². The van der Waals surface area contributed by atoms with Gasteiger partial charge in [0, 0.05) is 29.3 Å². The van der Waals surface area contributed by atoms with Crippen molar-refractivity contribution in [3.63, 3.8) is 0 Å². The van der Waals surface area contributed by atoms with Crippen LogP contribution < -0.4 is 14.9 Å². The molecule has 5 aromatic rings. The van der Waals surface area contributed by atoms with Crippen molar-refractivity contribution in [2.45, 2.75) is 39.7 Å². The summed E-state index contributed by atoms with van der Waals surface area (Å²) in [7, 11) is 0. The first-order chi connectivity index (χ1) is 22.2. The highest BCUT2D eigenvalue weighted by Gasteiger charge is 2.35. The quantitative estimate of drug-likeness (QED) is 0.109. The number of aromatic nitrogens is 1. The summed E-state index contributed by atoms with van der Waals surface area (Å²) in [6, 6.07) is 24.7. The van der Waals surface area contributed by atoms with E-state index >= 15 is 0 Å². The zero-order valence-electron chi connectivity index (χ0n) is 25.7. The predicted molar refractivity (Wildman–Crippen MR) is 177 cm³/mol. The smallest absolute Gasteiger partial charge is 0.338 e. The van der Waals surface area contributed by atoms with Gasteiger partial charge in [-0.1, -0.05) is 79.8 Å². The molecule has 0 spiro atoms. The SMILES string of the molecule is CCOC(=O)C1=C(c2ccccc2)N=c2s/c(=C\c3ccc(-c4ccc([N+](=O)[O-])cc4C)o3)c(=O)n2[C@H]1c1ccc(C(C)C)cc1. The summed E-state index contributed by atoms with van der Waals surface area (Å²) in [6.45, 7) is 7.92. The molecule has 10 heteroatoms. The molecule has 1 aliphatic rings. The van der Waals surface area contributed by atoms with Crippen molar-refractivity contribution < 1.29 is 18.9 Å². The molecule has 232 valence electrons. The van der Waals surface area contributed by atoms with Crippen molar-refractivity contribution >= 4 is 34.8 Å². The average Bonchev–Trinajstić information content (AvgIpc) is 3.64. The van der Waals surface area contributed by atoms with E-state index < -0.39 is 16.9 Å². The number of fused-ring (bicyclic) bond motifs is 1. The number of thiazole rings is 1. The fourth-order valence-corrected chi connectivity index (χ4v) is 6.54. The van der Waals surface area contributed by atoms with Gasteiger partial charge in [-0.3, -0.25) is 19.5 Å². The van der Waals surface area contributed by atoms with Crippen molar-refractivity contribution in [1.82, 2.24) is 4.57 Å². The van der Waals surface area contributed by atoms with E-state index in [0.717, 1.165) is 16.7 Å². The van der Waals surface area contributed by atoms with E-state index in [1.54, 1.807) is 42.7 Å². The first-order valence-electron chi connectivity index (χ1n) is 14.9. The Bertz CT molecular complexity index is 2170. The summed E-state index contributed by atoms with van der Waals surface area (Å²) >= 11 is 1.21. The summed E-state index contributed by atoms with van der Waals surface area (Å²) in [4.78, 5) is 43.9. The molecule has 9 nitrogen and oxygen atoms in total. The number of hydrogen-bond donors (Lipinski definition) is 0. The number of nitro benzene ring substituents is 1. The second-order valence-corrected chi connectivity index (χ2v) is 12.2. The highest BCUT2D eigenvalue weighted by molar-refractivity contribution is 7.07. The van der Waals surface area contributed by atoms with Crippen LogP contribution in [0.25, 0.3) is 23.1 Å². The van der Waals surface area contributed by atoms with Crippen LogP contribution in [-0.4, -0.2) is 22.1 Å². The van der Waals surface area contributed by atoms with Gasteiger partial charge in [-0.05, 0) is 54.7 Å². The van der Waals surface area contributed by atoms with Crippen molar-refractivity contribution in [1.29, 1.82) is 0 Å². The van der Waals surface area contributed by atoms with Crippen LogP contribution in [0.3, 0.4) is 0 Å². The summed E-state index contributed by atoms with van der Waals surface area (Å²) in [5.41, 5.74) is 4.47. The lowest BCUT2D eigenvalue weighted by atomic mass is 9.91. The first kappa shape index (κ1) is 30.7. The second kappa shape index (κ2) is 12.6. The minimum absolute atomic E-state index is 0.000371. The van der Waals surface area contributed by atoms with Crippen LogP contribution in [0.15, 0.2) is 105 Å². The number of nitro groups is 1. The summed E-state index contributed by atoms with van der Waals surface area (Å²) in [5.74, 6) is 0.727. The average molecular weight is 634 g/mol. The lowest BCUT2D eigenvalue weighted by Gasteiger charge is -2.26. The first-order valence-corrected chi connectivity index (χ1v) is 15.7. The Kier molecular flexibility index (Phi) is 8.38. The largest absolute Gasteiger partial charge is 0.463 e. The number of hydrogen-bond acceptors (Lipinski definition) is 8. The van der Waals surface area contributed by atoms with Gasteiger partial charge in [-0.2, -0.15) is 0 Å². The van der Waals surface area contributed by atoms with Gasteiger partial charge in [0.2, 0.25) is 0 Å². The van der Waals surface area contributed by atoms with Crippen LogP contribution >= 0.6 is 11.3 Å². The van der Waals surface area contributed by atoms with E-state index in [1.165, 1.54) is 23.5 Å². The number of rotatable bonds is 8. The maximum Gasteiger partial charge on any atom is 0.338 e. The topological polar surface area (TPSA) is 117 Å². The van der Waals surface area contributed by atoms with E-state index in [-0.39, 0.29) is 17.9 Å². The van der Waals surface area contributed by atoms with Crippen molar-refractivity contribution in [3.8, 4) is 11.3 Å². The van der Waals surface area contributed by atoms with Gasteiger partial charge in [0.05, 0.1) is 33.4 Å². The fraction of sp³-hybridized carbons (Fsp3) is 0.194. The van der Waals surface area contributed by atoms with Gasteiger partial charge in [0.25, 0.3) is 11.2 Å². The van der Waals surface area contributed by atoms with Gasteiger partial charge in [0.15, 0.2) is 4.80 Å². The molecule has 0 saturated carbocycles. The van der Waals surface area contributed by atoms with Crippen LogP contribution in [0.2, 0.25) is 0 Å². The number of ether oxygens (including phenoxy) is 1. The molecule has 0 bridgehead atoms. The lowest BCUT2D eigenvalue weighted by Crippen LogP contribution is -2.40. The number of esters is 1. The third-order valence-electron chi connectivity index (χ3n) is 7.88. The fourth-order valence-electron chi connectivity index (χ4n) is 5.56. The van der Waals surface area contributed by atoms with E-state index in [4.69, 9.17) is 14.1 Å². The van der Waals surface area contributed by atoms with E-state index in [2.05, 4.69) is 13.8 Å². The lowest BCUT2D eigenvalue weighted by molar-refractivity contribution is -0.384. The molecule has 0 N–H and O–H groups in total. The zero-order chi connectivity index (χ0) is 32.5. The highest BCUT2D eigenvalue weighted by Crippen LogP contribution is 2.36. The molecular formula is C36H31N3O6S. The molecule has 0 saturated heterocycles. The molecule has 0 amide bonds. The van der Waals surface area contributed by atoms with E-state index in [9.17, 15) is 19.7 Å². The molecule has 46 heavy (non-hydrogen) atoms. The summed E-state index contributed by atoms with van der Waals surface area (Å²) in [5, 5.41) is 11.2. The third kappa shape index (κ3) is 5.75. The van der Waals surface area contributed by atoms with Gasteiger partial charge in [-0.15, -0.1) is 0 Å². The van der Waals surface area contributed by atoms with E-state index in [1.807, 2.05) is 54.6 Å². The number of aryl methyl sites for hydroxylation is 1. The normalized spacial score (nSPS) is 14.7. The minimum Gasteiger partial charge on any atom is -0.463 e. The Labute approximate surface area is 268 Å². The molecule has 0 unspecified atom stereocenters. The van der Waals surface area contributed by atoms with Crippen molar-refractivity contribution in [2.75, 3.05) is 6.61 Å². The second-order valence-electron chi connectivity index (χ2n) is 11.2. The molecule has 6 rings (SSSR count). The third-order valence-corrected chi connectivity index (χ3v) is 8.86. The Hall–Kier alpha value is -5.35. The van der Waals surface area contributed by atoms with Gasteiger partial charge in [-0.25, -0.2) is 9.79 Å². The van der Waals surface area contributed by atoms with Gasteiger partial charge < -0.3 is 9.15 Å². The monoisotopic (exact) mass is 633 g/mol. The Balaban J connectivity index is 1.53. The standard InChI is InChI=1S/C36H31N3O6S/c1-5-44-35(41)31-32(24-9-7-6-8-10-24)37-36-38(33(31)25-13-11-23(12-14-25)21(2)3)34(40)30(46-36)20-27-16-18-29(45-27)28-17-15-26(39(42)43)19-22(28)4/h6-21,33H,5H2,1-4H3/b30-20-/t33-/m0/s1. The molecule has 0 fully saturated rings. The molecule has 0 radical (unpaired) electrons. The number of furan rings is 1. The van der Waals surface area contributed by atoms with E-state index in [0.29, 0.717) is 49.2 Å². The minimum atomic E-state index is -0.774. The molecule has 1 atom stereocenters. The molecular weight excluding hydrogens is 602 g/mol. The molecule has 3 aromatic carbocycles. The van der Waals surface area contributed by atoms with Crippen molar-refractivity contribution in [2.24, 2.45) is 4.99 Å². The number of non-ortho nitro benzene ring substituents is 1. The Morgan fingerprint density at radius 1 is 1.09 bits per heavy atom. The molecule has 3 heterocycles. The number of nitrogens with zero attached hydrogens (tertiary/aromatic N) is 3. The predicted octanol–water partition coefficient (Wildman–Crippen LogP) is 6.54. The van der Waals surface area contributed by atoms with Crippen LogP contribution in [0.4, 0.5) is 5.69 Å². The number of carbonyl (C=O) groups is 1. The van der Waals surface area contributed by atoms with Gasteiger partial charge in [0.1, 0.15) is 11.5 Å². The molecule has 1 aliphatic heterocycles. The maximum absolute atomic E-state index is 14.2.